The topological polar surface area (TPSA) is 69.6 Å². The normalized spacial score (nSPS) is 23.0. The fraction of sp³-hybridized carbons (Fsp3) is 0.857. The lowest BCUT2D eigenvalue weighted by Gasteiger charge is -2.24. The number of nitrogens with one attached hydrogen (secondary N) is 1. The molecule has 1 aliphatic heterocycles. The lowest BCUT2D eigenvalue weighted by atomic mass is 9.92. The average Bonchev–Trinajstić information content (AvgIpc) is 2.05. The number of hydrogen-bond acceptors (Lipinski definition) is 3. The molecule has 3 N–H and O–H groups in total. The Morgan fingerprint density at radius 1 is 1.45 bits per heavy atom. The van der Waals surface area contributed by atoms with Gasteiger partial charge in [0.1, 0.15) is 0 Å². The summed E-state index contributed by atoms with van der Waals surface area (Å²) in [5, 5.41) is 20.7. The number of carbonyl (C=O) groups is 1. The van der Waals surface area contributed by atoms with Gasteiger partial charge in [-0.15, -0.1) is 0 Å². The molecular formula is C7H13NO3. The van der Waals surface area contributed by atoms with E-state index in [9.17, 15) is 4.79 Å². The SMILES string of the molecule is O=C(O)[C@H](O)C1CCNCC1. The first-order valence-electron chi connectivity index (χ1n) is 3.83. The molecule has 1 rings (SSSR count). The van der Waals surface area contributed by atoms with Crippen LogP contribution >= 0.6 is 0 Å². The van der Waals surface area contributed by atoms with Gasteiger partial charge in [0.2, 0.25) is 0 Å². The number of carboxylic acids is 1. The van der Waals surface area contributed by atoms with Gasteiger partial charge in [-0.2, -0.15) is 0 Å². The van der Waals surface area contributed by atoms with E-state index in [1.54, 1.807) is 0 Å². The fourth-order valence-electron chi connectivity index (χ4n) is 1.36. The van der Waals surface area contributed by atoms with Crippen molar-refractivity contribution in [1.82, 2.24) is 5.32 Å². The first-order chi connectivity index (χ1) is 5.22. The lowest BCUT2D eigenvalue weighted by Crippen LogP contribution is -2.37. The molecule has 0 spiro atoms. The maximum absolute atomic E-state index is 10.3. The number of rotatable bonds is 2. The smallest absolute Gasteiger partial charge is 0.332 e. The molecule has 11 heavy (non-hydrogen) atoms. The summed E-state index contributed by atoms with van der Waals surface area (Å²) in [7, 11) is 0. The Kier molecular flexibility index (Phi) is 2.84. The van der Waals surface area contributed by atoms with E-state index in [1.165, 1.54) is 0 Å². The van der Waals surface area contributed by atoms with Crippen molar-refractivity contribution in [3.8, 4) is 0 Å². The van der Waals surface area contributed by atoms with E-state index >= 15 is 0 Å². The lowest BCUT2D eigenvalue weighted by molar-refractivity contribution is -0.150. The van der Waals surface area contributed by atoms with Crippen molar-refractivity contribution in [2.45, 2.75) is 18.9 Å². The van der Waals surface area contributed by atoms with Gasteiger partial charge in [-0.05, 0) is 31.8 Å². The van der Waals surface area contributed by atoms with Gasteiger partial charge in [-0.1, -0.05) is 0 Å². The number of piperidine rings is 1. The molecule has 1 aliphatic rings. The predicted molar refractivity (Wildman–Crippen MR) is 39.2 cm³/mol. The molecule has 4 nitrogen and oxygen atoms in total. The van der Waals surface area contributed by atoms with E-state index in [1.807, 2.05) is 0 Å². The number of carboxylic acid groups (broad SMARTS) is 1. The van der Waals surface area contributed by atoms with E-state index in [0.717, 1.165) is 25.9 Å². The molecule has 0 amide bonds. The highest BCUT2D eigenvalue weighted by Gasteiger charge is 2.26. The summed E-state index contributed by atoms with van der Waals surface area (Å²) in [5.41, 5.74) is 0. The quantitative estimate of drug-likeness (QED) is 0.504. The Bertz CT molecular complexity index is 143. The highest BCUT2D eigenvalue weighted by molar-refractivity contribution is 5.72. The number of aliphatic hydroxyl groups excluding tert-OH is 1. The second-order valence-electron chi connectivity index (χ2n) is 2.87. The summed E-state index contributed by atoms with van der Waals surface area (Å²) in [5.74, 6) is -1.16. The van der Waals surface area contributed by atoms with Gasteiger partial charge in [0.05, 0.1) is 0 Å². The van der Waals surface area contributed by atoms with Crippen molar-refractivity contribution < 1.29 is 15.0 Å². The monoisotopic (exact) mass is 159 g/mol. The van der Waals surface area contributed by atoms with Gasteiger partial charge < -0.3 is 15.5 Å². The molecule has 0 aromatic rings. The summed E-state index contributed by atoms with van der Waals surface area (Å²) in [6.45, 7) is 1.63. The van der Waals surface area contributed by atoms with Crippen molar-refractivity contribution in [2.24, 2.45) is 5.92 Å². The Balaban J connectivity index is 2.38. The average molecular weight is 159 g/mol. The zero-order valence-corrected chi connectivity index (χ0v) is 6.29. The van der Waals surface area contributed by atoms with Crippen molar-refractivity contribution in [2.75, 3.05) is 13.1 Å². The van der Waals surface area contributed by atoms with E-state index in [0.29, 0.717) is 0 Å². The minimum Gasteiger partial charge on any atom is -0.479 e. The van der Waals surface area contributed by atoms with Gasteiger partial charge >= 0.3 is 5.97 Å². The summed E-state index contributed by atoms with van der Waals surface area (Å²) in [4.78, 5) is 10.3. The molecule has 1 saturated heterocycles. The van der Waals surface area contributed by atoms with Crippen LogP contribution in [0.5, 0.6) is 0 Å². The molecule has 64 valence electrons. The molecular weight excluding hydrogens is 146 g/mol. The Labute approximate surface area is 65.2 Å². The molecule has 0 aliphatic carbocycles. The van der Waals surface area contributed by atoms with Gasteiger partial charge in [0, 0.05) is 0 Å². The maximum atomic E-state index is 10.3. The van der Waals surface area contributed by atoms with Crippen molar-refractivity contribution in [1.29, 1.82) is 0 Å². The van der Waals surface area contributed by atoms with Crippen LogP contribution in [0, 0.1) is 5.92 Å². The molecule has 0 aromatic carbocycles. The standard InChI is InChI=1S/C7H13NO3/c9-6(7(10)11)5-1-3-8-4-2-5/h5-6,8-9H,1-4H2,(H,10,11)/t6-/m1/s1. The number of hydrogen-bond donors (Lipinski definition) is 3. The summed E-state index contributed by atoms with van der Waals surface area (Å²) in [6.07, 6.45) is 0.345. The zero-order valence-electron chi connectivity index (χ0n) is 6.29. The second-order valence-corrected chi connectivity index (χ2v) is 2.87. The molecule has 4 heteroatoms. The van der Waals surface area contributed by atoms with Crippen molar-refractivity contribution >= 4 is 5.97 Å². The fourth-order valence-corrected chi connectivity index (χ4v) is 1.36. The molecule has 0 aromatic heterocycles. The summed E-state index contributed by atoms with van der Waals surface area (Å²) >= 11 is 0. The largest absolute Gasteiger partial charge is 0.479 e. The van der Waals surface area contributed by atoms with E-state index in [-0.39, 0.29) is 5.92 Å². The van der Waals surface area contributed by atoms with Crippen LogP contribution < -0.4 is 5.32 Å². The third kappa shape index (κ3) is 2.17. The van der Waals surface area contributed by atoms with Crippen LogP contribution in [0.3, 0.4) is 0 Å². The van der Waals surface area contributed by atoms with E-state index in [2.05, 4.69) is 5.32 Å². The third-order valence-electron chi connectivity index (χ3n) is 2.08. The molecule has 1 heterocycles. The summed E-state index contributed by atoms with van der Waals surface area (Å²) in [6, 6.07) is 0. The minimum absolute atomic E-state index is 0.0613. The van der Waals surface area contributed by atoms with Crippen LogP contribution in [0.4, 0.5) is 0 Å². The van der Waals surface area contributed by atoms with Gasteiger partial charge in [0.25, 0.3) is 0 Å². The second kappa shape index (κ2) is 3.69. The molecule has 1 fully saturated rings. The third-order valence-corrected chi connectivity index (χ3v) is 2.08. The van der Waals surface area contributed by atoms with Crippen LogP contribution in [-0.2, 0) is 4.79 Å². The maximum Gasteiger partial charge on any atom is 0.332 e. The van der Waals surface area contributed by atoms with E-state index < -0.39 is 12.1 Å². The van der Waals surface area contributed by atoms with Crippen LogP contribution in [-0.4, -0.2) is 35.4 Å². The molecule has 0 bridgehead atoms. The number of aliphatic carboxylic acids is 1. The van der Waals surface area contributed by atoms with Crippen LogP contribution in [0.2, 0.25) is 0 Å². The minimum atomic E-state index is -1.17. The van der Waals surface area contributed by atoms with Gasteiger partial charge in [-0.25, -0.2) is 4.79 Å². The molecule has 0 unspecified atom stereocenters. The molecule has 0 saturated carbocycles. The Morgan fingerprint density at radius 3 is 2.45 bits per heavy atom. The Hall–Kier alpha value is -0.610. The van der Waals surface area contributed by atoms with Crippen LogP contribution in [0.1, 0.15) is 12.8 Å². The van der Waals surface area contributed by atoms with Gasteiger partial charge in [-0.3, -0.25) is 0 Å². The van der Waals surface area contributed by atoms with Gasteiger partial charge in [0.15, 0.2) is 6.10 Å². The molecule has 0 radical (unpaired) electrons. The van der Waals surface area contributed by atoms with Crippen molar-refractivity contribution in [3.05, 3.63) is 0 Å². The van der Waals surface area contributed by atoms with E-state index in [4.69, 9.17) is 10.2 Å². The highest BCUT2D eigenvalue weighted by atomic mass is 16.4. The van der Waals surface area contributed by atoms with Crippen LogP contribution in [0.25, 0.3) is 0 Å². The summed E-state index contributed by atoms with van der Waals surface area (Å²) < 4.78 is 0. The first-order valence-corrected chi connectivity index (χ1v) is 3.83. The van der Waals surface area contributed by atoms with Crippen LogP contribution in [0.15, 0.2) is 0 Å². The first kappa shape index (κ1) is 8.49. The van der Waals surface area contributed by atoms with Crippen molar-refractivity contribution in [3.63, 3.8) is 0 Å². The Morgan fingerprint density at radius 2 is 2.00 bits per heavy atom. The highest BCUT2D eigenvalue weighted by Crippen LogP contribution is 2.15. The molecule has 1 atom stereocenters. The zero-order chi connectivity index (χ0) is 8.27. The number of aliphatic hydroxyl groups is 1. The predicted octanol–water partition coefficient (Wildman–Crippen LogP) is -0.569.